The van der Waals surface area contributed by atoms with E-state index in [9.17, 15) is 0 Å². The molecule has 0 atom stereocenters. The number of quaternary nitrogens is 1. The van der Waals surface area contributed by atoms with Gasteiger partial charge in [-0.25, -0.2) is 4.98 Å². The number of rotatable bonds is 2. The Labute approximate surface area is 142 Å². The number of hydrogen-bond acceptors (Lipinski definition) is 2. The first-order valence-corrected chi connectivity index (χ1v) is 8.59. The van der Waals surface area contributed by atoms with Gasteiger partial charge in [-0.15, -0.1) is 0 Å². The van der Waals surface area contributed by atoms with Crippen LogP contribution in [0.5, 0.6) is 0 Å². The summed E-state index contributed by atoms with van der Waals surface area (Å²) in [4.78, 5) is 7.95. The Bertz CT molecular complexity index is 893. The van der Waals surface area contributed by atoms with E-state index in [1.165, 1.54) is 28.5 Å². The van der Waals surface area contributed by atoms with Crippen molar-refractivity contribution in [3.05, 3.63) is 41.9 Å². The molecule has 4 rings (SSSR count). The van der Waals surface area contributed by atoms with Gasteiger partial charge in [0.15, 0.2) is 0 Å². The van der Waals surface area contributed by atoms with E-state index >= 15 is 0 Å². The van der Waals surface area contributed by atoms with Gasteiger partial charge in [0.1, 0.15) is 11.8 Å². The van der Waals surface area contributed by atoms with Crippen molar-refractivity contribution in [3.63, 3.8) is 0 Å². The van der Waals surface area contributed by atoms with Crippen LogP contribution in [-0.4, -0.2) is 16.2 Å². The average Bonchev–Trinajstić information content (AvgIpc) is 3.12. The number of aromatic amines is 1. The Morgan fingerprint density at radius 3 is 2.75 bits per heavy atom. The van der Waals surface area contributed by atoms with Crippen molar-refractivity contribution in [2.75, 3.05) is 0 Å². The number of nitrogens with two attached hydrogens (primary N) is 1. The molecule has 2 aromatic rings. The predicted molar refractivity (Wildman–Crippen MR) is 99.3 cm³/mol. The smallest absolute Gasteiger partial charge is 0.137 e. The van der Waals surface area contributed by atoms with Crippen LogP contribution in [0.1, 0.15) is 51.7 Å². The van der Waals surface area contributed by atoms with Crippen molar-refractivity contribution in [2.45, 2.75) is 40.5 Å². The number of H-pyrrole nitrogens is 1. The van der Waals surface area contributed by atoms with Gasteiger partial charge in [-0.1, -0.05) is 38.9 Å². The van der Waals surface area contributed by atoms with Crippen LogP contribution in [0, 0.1) is 10.8 Å². The largest absolute Gasteiger partial charge is 0.346 e. The standard InChI is InChI=1S/C20H24N4/c1-19(2)6-14(7-20(3,4)12-19)13-5-16-17(15-9-23-24-10-15)11-22-18(16)21-8-13/h5-6,8-11H,7,12H2,1-4H3,(H,21,22)(H,23,24)/p+1. The SMILES string of the molecule is CC1(C)C=C(c2cnc3[nH]cc(C4=C[NH2+]N=C4)c3c2)CC(C)(C)C1. The maximum atomic E-state index is 4.67. The lowest BCUT2D eigenvalue weighted by atomic mass is 9.66. The number of nitrogens with one attached hydrogen (secondary N) is 1. The van der Waals surface area contributed by atoms with Crippen molar-refractivity contribution in [1.29, 1.82) is 0 Å². The normalized spacial score (nSPS) is 21.8. The minimum atomic E-state index is 0.225. The Hall–Kier alpha value is -2.20. The van der Waals surface area contributed by atoms with Crippen LogP contribution in [-0.2, 0) is 0 Å². The molecule has 0 spiro atoms. The summed E-state index contributed by atoms with van der Waals surface area (Å²) in [7, 11) is 0. The van der Waals surface area contributed by atoms with Gasteiger partial charge >= 0.3 is 0 Å². The fourth-order valence-electron chi connectivity index (χ4n) is 4.44. The molecule has 4 nitrogen and oxygen atoms in total. The zero-order chi connectivity index (χ0) is 16.9. The van der Waals surface area contributed by atoms with Gasteiger partial charge in [0, 0.05) is 23.3 Å². The van der Waals surface area contributed by atoms with Crippen LogP contribution in [0.15, 0.2) is 35.8 Å². The predicted octanol–water partition coefficient (Wildman–Crippen LogP) is 3.70. The van der Waals surface area contributed by atoms with Crippen LogP contribution in [0.3, 0.4) is 0 Å². The monoisotopic (exact) mass is 321 g/mol. The molecule has 3 heterocycles. The summed E-state index contributed by atoms with van der Waals surface area (Å²) in [5.41, 5.74) is 8.28. The molecular formula is C20H25N4+. The summed E-state index contributed by atoms with van der Waals surface area (Å²) < 4.78 is 0. The summed E-state index contributed by atoms with van der Waals surface area (Å²) in [6.07, 6.45) is 12.7. The van der Waals surface area contributed by atoms with Crippen LogP contribution < -0.4 is 5.43 Å². The van der Waals surface area contributed by atoms with Gasteiger partial charge in [0.05, 0.1) is 11.8 Å². The van der Waals surface area contributed by atoms with Crippen LogP contribution in [0.4, 0.5) is 0 Å². The van der Waals surface area contributed by atoms with Gasteiger partial charge in [-0.2, -0.15) is 5.43 Å². The van der Waals surface area contributed by atoms with E-state index in [1.807, 2.05) is 30.2 Å². The van der Waals surface area contributed by atoms with Crippen molar-refractivity contribution < 1.29 is 5.43 Å². The molecule has 2 aromatic heterocycles. The summed E-state index contributed by atoms with van der Waals surface area (Å²) in [5, 5.41) is 5.36. The van der Waals surface area contributed by atoms with Crippen LogP contribution >= 0.6 is 0 Å². The lowest BCUT2D eigenvalue weighted by Gasteiger charge is -2.39. The maximum Gasteiger partial charge on any atom is 0.137 e. The average molecular weight is 321 g/mol. The lowest BCUT2D eigenvalue weighted by Crippen LogP contribution is -2.69. The van der Waals surface area contributed by atoms with E-state index in [0.29, 0.717) is 5.41 Å². The fourth-order valence-corrected chi connectivity index (χ4v) is 4.44. The molecule has 3 N–H and O–H groups in total. The van der Waals surface area contributed by atoms with Gasteiger partial charge in [-0.3, -0.25) is 0 Å². The first kappa shape index (κ1) is 15.3. The van der Waals surface area contributed by atoms with Crippen molar-refractivity contribution >= 4 is 28.4 Å². The molecular weight excluding hydrogens is 296 g/mol. The molecule has 0 saturated heterocycles. The minimum Gasteiger partial charge on any atom is -0.346 e. The van der Waals surface area contributed by atoms with E-state index in [4.69, 9.17) is 0 Å². The van der Waals surface area contributed by atoms with Gasteiger partial charge < -0.3 is 4.98 Å². The topological polar surface area (TPSA) is 57.6 Å². The zero-order valence-corrected chi connectivity index (χ0v) is 14.9. The summed E-state index contributed by atoms with van der Waals surface area (Å²) in [5.74, 6) is 0. The molecule has 0 amide bonds. The fraction of sp³-hybridized carbons (Fsp3) is 0.400. The zero-order valence-electron chi connectivity index (χ0n) is 14.9. The summed E-state index contributed by atoms with van der Waals surface area (Å²) >= 11 is 0. The molecule has 0 saturated carbocycles. The third-order valence-electron chi connectivity index (χ3n) is 4.93. The van der Waals surface area contributed by atoms with E-state index < -0.39 is 0 Å². The highest BCUT2D eigenvalue weighted by Crippen LogP contribution is 2.47. The molecule has 4 heteroatoms. The highest BCUT2D eigenvalue weighted by molar-refractivity contribution is 6.14. The van der Waals surface area contributed by atoms with E-state index in [-0.39, 0.29) is 5.41 Å². The van der Waals surface area contributed by atoms with Crippen LogP contribution in [0.25, 0.3) is 22.2 Å². The Morgan fingerprint density at radius 2 is 2.04 bits per heavy atom. The molecule has 0 fully saturated rings. The summed E-state index contributed by atoms with van der Waals surface area (Å²) in [6, 6.07) is 2.28. The van der Waals surface area contributed by atoms with Gasteiger partial charge in [0.2, 0.25) is 0 Å². The van der Waals surface area contributed by atoms with Crippen molar-refractivity contribution in [3.8, 4) is 0 Å². The molecule has 0 radical (unpaired) electrons. The lowest BCUT2D eigenvalue weighted by molar-refractivity contribution is -0.589. The van der Waals surface area contributed by atoms with E-state index in [2.05, 4.69) is 54.9 Å². The maximum absolute atomic E-state index is 4.67. The highest BCUT2D eigenvalue weighted by atomic mass is 15.3. The number of nitrogens with zero attached hydrogens (tertiary/aromatic N) is 2. The summed E-state index contributed by atoms with van der Waals surface area (Å²) in [6.45, 7) is 9.39. The third kappa shape index (κ3) is 2.71. The second-order valence-corrected chi connectivity index (χ2v) is 8.55. The molecule has 124 valence electrons. The van der Waals surface area contributed by atoms with Gasteiger partial charge in [-0.05, 0) is 40.9 Å². The quantitative estimate of drug-likeness (QED) is 0.814. The number of pyridine rings is 1. The number of allylic oxidation sites excluding steroid dienone is 3. The van der Waals surface area contributed by atoms with Crippen LogP contribution in [0.2, 0.25) is 0 Å². The Balaban J connectivity index is 1.82. The van der Waals surface area contributed by atoms with E-state index in [0.717, 1.165) is 17.6 Å². The number of fused-ring (bicyclic) bond motifs is 1. The molecule has 0 aromatic carbocycles. The van der Waals surface area contributed by atoms with Crippen molar-refractivity contribution in [1.82, 2.24) is 9.97 Å². The first-order chi connectivity index (χ1) is 11.3. The number of aromatic nitrogens is 2. The molecule has 24 heavy (non-hydrogen) atoms. The Morgan fingerprint density at radius 1 is 1.21 bits per heavy atom. The molecule has 2 aliphatic rings. The first-order valence-electron chi connectivity index (χ1n) is 8.59. The minimum absolute atomic E-state index is 0.225. The molecule has 1 aliphatic carbocycles. The van der Waals surface area contributed by atoms with Gasteiger partial charge in [0.25, 0.3) is 0 Å². The second-order valence-electron chi connectivity index (χ2n) is 8.55. The number of hydrogen-bond donors (Lipinski definition) is 2. The van der Waals surface area contributed by atoms with E-state index in [1.54, 1.807) is 0 Å². The molecule has 0 bridgehead atoms. The molecule has 0 unspecified atom stereocenters. The highest BCUT2D eigenvalue weighted by Gasteiger charge is 2.33. The molecule has 1 aliphatic heterocycles. The van der Waals surface area contributed by atoms with Crippen molar-refractivity contribution in [2.24, 2.45) is 15.9 Å². The third-order valence-corrected chi connectivity index (χ3v) is 4.93. The Kier molecular flexibility index (Phi) is 3.29. The second kappa shape index (κ2) is 5.15.